The summed E-state index contributed by atoms with van der Waals surface area (Å²) >= 11 is 0. The minimum atomic E-state index is 0.314. The summed E-state index contributed by atoms with van der Waals surface area (Å²) < 4.78 is 5.35. The number of nitrogens with zero attached hydrogens (tertiary/aromatic N) is 4. The zero-order valence-electron chi connectivity index (χ0n) is 18.6. The van der Waals surface area contributed by atoms with Crippen molar-refractivity contribution in [3.05, 3.63) is 29.8 Å². The van der Waals surface area contributed by atoms with Gasteiger partial charge in [-0.3, -0.25) is 19.7 Å². The third-order valence-electron chi connectivity index (χ3n) is 6.75. The van der Waals surface area contributed by atoms with Crippen LogP contribution in [0.3, 0.4) is 0 Å². The van der Waals surface area contributed by atoms with Gasteiger partial charge in [-0.1, -0.05) is 12.1 Å². The fourth-order valence-corrected chi connectivity index (χ4v) is 4.96. The number of benzene rings is 1. The Morgan fingerprint density at radius 1 is 1.07 bits per heavy atom. The van der Waals surface area contributed by atoms with E-state index in [0.29, 0.717) is 12.1 Å². The number of hydrogen-bond acceptors (Lipinski definition) is 5. The molecule has 7 nitrogen and oxygen atoms in total. The van der Waals surface area contributed by atoms with Gasteiger partial charge in [-0.15, -0.1) is 0 Å². The third-order valence-corrected chi connectivity index (χ3v) is 6.75. The van der Waals surface area contributed by atoms with Gasteiger partial charge in [-0.05, 0) is 50.6 Å². The molecule has 4 heterocycles. The van der Waals surface area contributed by atoms with Crippen molar-refractivity contribution in [1.82, 2.24) is 25.3 Å². The second kappa shape index (κ2) is 10.5. The van der Waals surface area contributed by atoms with Crippen LogP contribution in [0.5, 0.6) is 5.75 Å². The predicted octanol–water partition coefficient (Wildman–Crippen LogP) is 1.39. The van der Waals surface area contributed by atoms with Crippen molar-refractivity contribution in [3.63, 3.8) is 0 Å². The van der Waals surface area contributed by atoms with Crippen LogP contribution in [0.4, 0.5) is 0 Å². The molecule has 2 N–H and O–H groups in total. The number of nitrogens with one attached hydrogen (secondary N) is 2. The van der Waals surface area contributed by atoms with Crippen molar-refractivity contribution in [2.75, 3.05) is 72.6 Å². The number of likely N-dealkylation sites (tertiary alicyclic amines) is 1. The first-order chi connectivity index (χ1) is 14.8. The molecule has 30 heavy (non-hydrogen) atoms. The highest BCUT2D eigenvalue weighted by Gasteiger charge is 2.31. The Hall–Kier alpha value is -1.83. The van der Waals surface area contributed by atoms with E-state index in [1.807, 2.05) is 0 Å². The molecule has 0 spiro atoms. The van der Waals surface area contributed by atoms with E-state index in [1.54, 1.807) is 7.11 Å². The Kier molecular flexibility index (Phi) is 7.47. The van der Waals surface area contributed by atoms with Crippen LogP contribution in [-0.4, -0.2) is 99.3 Å². The molecule has 1 aromatic rings. The van der Waals surface area contributed by atoms with E-state index in [1.165, 1.54) is 51.1 Å². The minimum Gasteiger partial charge on any atom is -0.497 e. The fraction of sp³-hybridized carbons (Fsp3) is 0.696. The maximum Gasteiger partial charge on any atom is 0.191 e. The molecule has 7 heteroatoms. The Labute approximate surface area is 181 Å². The Balaban J connectivity index is 1.41. The smallest absolute Gasteiger partial charge is 0.191 e. The highest BCUT2D eigenvalue weighted by Crippen LogP contribution is 2.27. The quantitative estimate of drug-likeness (QED) is 0.495. The molecule has 166 valence electrons. The van der Waals surface area contributed by atoms with Crippen molar-refractivity contribution in [1.29, 1.82) is 0 Å². The first-order valence-corrected chi connectivity index (χ1v) is 11.6. The van der Waals surface area contributed by atoms with Crippen LogP contribution in [0.1, 0.15) is 31.4 Å². The molecule has 2 atom stereocenters. The van der Waals surface area contributed by atoms with Gasteiger partial charge in [0, 0.05) is 51.9 Å². The lowest BCUT2D eigenvalue weighted by atomic mass is 10.1. The van der Waals surface area contributed by atoms with E-state index >= 15 is 0 Å². The molecule has 0 aromatic heterocycles. The van der Waals surface area contributed by atoms with Crippen LogP contribution in [0, 0.1) is 0 Å². The summed E-state index contributed by atoms with van der Waals surface area (Å²) in [4.78, 5) is 12.8. The highest BCUT2D eigenvalue weighted by molar-refractivity contribution is 5.79. The Morgan fingerprint density at radius 3 is 2.40 bits per heavy atom. The van der Waals surface area contributed by atoms with Crippen LogP contribution in [0.15, 0.2) is 29.3 Å². The molecule has 4 fully saturated rings. The number of guanidine groups is 1. The normalized spacial score (nSPS) is 27.8. The van der Waals surface area contributed by atoms with Crippen molar-refractivity contribution >= 4 is 5.96 Å². The molecule has 0 saturated carbocycles. The maximum atomic E-state index is 5.35. The van der Waals surface area contributed by atoms with E-state index < -0.39 is 0 Å². The van der Waals surface area contributed by atoms with E-state index in [4.69, 9.17) is 9.73 Å². The molecule has 5 rings (SSSR count). The summed E-state index contributed by atoms with van der Waals surface area (Å²) in [5.74, 6) is 1.85. The summed E-state index contributed by atoms with van der Waals surface area (Å²) in [5.41, 5.74) is 1.32. The average Bonchev–Trinajstić information content (AvgIpc) is 3.33. The standard InChI is InChI=1S/C23H38N6O/c1-3-24-23(25-16-20-18-27-12-14-28(20)15-13-27)26-17-22(29-10-4-5-11-29)19-6-8-21(30-2)9-7-19/h6-9,20,22H,3-5,10-18H2,1-2H3,(H2,24,25,26). The number of methoxy groups -OCH3 is 1. The monoisotopic (exact) mass is 414 g/mol. The molecule has 2 unspecified atom stereocenters. The highest BCUT2D eigenvalue weighted by atomic mass is 16.5. The number of piperazine rings is 3. The molecule has 4 saturated heterocycles. The second-order valence-electron chi connectivity index (χ2n) is 8.62. The SMILES string of the molecule is CCNC(=NCC(c1ccc(OC)cc1)N1CCCC1)NCC1CN2CCN1CC2. The molecule has 0 amide bonds. The van der Waals surface area contributed by atoms with Crippen molar-refractivity contribution < 1.29 is 4.74 Å². The van der Waals surface area contributed by atoms with Crippen LogP contribution < -0.4 is 15.4 Å². The van der Waals surface area contributed by atoms with Gasteiger partial charge in [0.25, 0.3) is 0 Å². The zero-order chi connectivity index (χ0) is 20.8. The van der Waals surface area contributed by atoms with Gasteiger partial charge in [0.05, 0.1) is 19.7 Å². The van der Waals surface area contributed by atoms with E-state index in [9.17, 15) is 0 Å². The van der Waals surface area contributed by atoms with Crippen molar-refractivity contribution in [2.24, 2.45) is 4.99 Å². The molecule has 0 radical (unpaired) electrons. The number of rotatable bonds is 8. The number of fused-ring (bicyclic) bond motifs is 3. The van der Waals surface area contributed by atoms with Crippen LogP contribution >= 0.6 is 0 Å². The van der Waals surface area contributed by atoms with Gasteiger partial charge in [0.15, 0.2) is 5.96 Å². The molecular formula is C23H38N6O. The summed E-state index contributed by atoms with van der Waals surface area (Å²) in [7, 11) is 1.72. The van der Waals surface area contributed by atoms with Crippen LogP contribution in [0.2, 0.25) is 0 Å². The molecule has 4 aliphatic heterocycles. The lowest BCUT2D eigenvalue weighted by Gasteiger charge is -2.47. The van der Waals surface area contributed by atoms with Gasteiger partial charge < -0.3 is 15.4 Å². The first-order valence-electron chi connectivity index (χ1n) is 11.6. The number of aliphatic imine (C=N–C) groups is 1. The summed E-state index contributed by atoms with van der Waals surface area (Å²) in [6, 6.07) is 9.42. The lowest BCUT2D eigenvalue weighted by Crippen LogP contribution is -2.63. The van der Waals surface area contributed by atoms with Crippen LogP contribution in [-0.2, 0) is 0 Å². The summed E-state index contributed by atoms with van der Waals surface area (Å²) in [5, 5.41) is 7.07. The van der Waals surface area contributed by atoms with Gasteiger partial charge in [0.2, 0.25) is 0 Å². The molecule has 4 aliphatic rings. The second-order valence-corrected chi connectivity index (χ2v) is 8.62. The lowest BCUT2D eigenvalue weighted by molar-refractivity contribution is 0.0154. The topological polar surface area (TPSA) is 55.4 Å². The molecular weight excluding hydrogens is 376 g/mol. The van der Waals surface area contributed by atoms with E-state index in [-0.39, 0.29) is 0 Å². The average molecular weight is 415 g/mol. The molecule has 2 bridgehead atoms. The predicted molar refractivity (Wildman–Crippen MR) is 122 cm³/mol. The van der Waals surface area contributed by atoms with Crippen molar-refractivity contribution in [3.8, 4) is 5.75 Å². The number of ether oxygens (including phenoxy) is 1. The largest absolute Gasteiger partial charge is 0.497 e. The van der Waals surface area contributed by atoms with E-state index in [0.717, 1.165) is 44.4 Å². The molecule has 1 aromatic carbocycles. The first kappa shape index (κ1) is 21.4. The van der Waals surface area contributed by atoms with Crippen molar-refractivity contribution in [2.45, 2.75) is 31.8 Å². The van der Waals surface area contributed by atoms with Gasteiger partial charge in [0.1, 0.15) is 5.75 Å². The van der Waals surface area contributed by atoms with Crippen LogP contribution in [0.25, 0.3) is 0 Å². The number of hydrogen-bond donors (Lipinski definition) is 2. The Morgan fingerprint density at radius 2 is 1.80 bits per heavy atom. The summed E-state index contributed by atoms with van der Waals surface area (Å²) in [6.07, 6.45) is 2.56. The maximum absolute atomic E-state index is 5.35. The fourth-order valence-electron chi connectivity index (χ4n) is 4.96. The third kappa shape index (κ3) is 5.25. The zero-order valence-corrected chi connectivity index (χ0v) is 18.6. The van der Waals surface area contributed by atoms with Gasteiger partial charge >= 0.3 is 0 Å². The van der Waals surface area contributed by atoms with Gasteiger partial charge in [-0.2, -0.15) is 0 Å². The molecule has 0 aliphatic carbocycles. The summed E-state index contributed by atoms with van der Waals surface area (Å²) in [6.45, 7) is 13.1. The Bertz CT molecular complexity index is 679. The van der Waals surface area contributed by atoms with Gasteiger partial charge in [-0.25, -0.2) is 0 Å². The minimum absolute atomic E-state index is 0.314. The van der Waals surface area contributed by atoms with E-state index in [2.05, 4.69) is 56.5 Å².